The van der Waals surface area contributed by atoms with Crippen molar-refractivity contribution in [3.63, 3.8) is 0 Å². The van der Waals surface area contributed by atoms with Crippen LogP contribution in [0.4, 0.5) is 0 Å². The average molecular weight is 567 g/mol. The summed E-state index contributed by atoms with van der Waals surface area (Å²) in [5, 5.41) is 0. The first kappa shape index (κ1) is 32.7. The van der Waals surface area contributed by atoms with Crippen LogP contribution in [0, 0.1) is 0 Å². The molecule has 0 heterocycles. The van der Waals surface area contributed by atoms with Crippen LogP contribution in [0.1, 0.15) is 23.1 Å². The molecule has 2 radical (unpaired) electrons. The second-order valence-electron chi connectivity index (χ2n) is 8.34. The van der Waals surface area contributed by atoms with Gasteiger partial charge in [0.1, 0.15) is 9.79 Å². The monoisotopic (exact) mass is 566 g/mol. The molecular weight excluding hydrogens is 542 g/mol. The Labute approximate surface area is 268 Å². The average Bonchev–Trinajstić information content (AvgIpc) is 2.87. The Balaban J connectivity index is 0.00000253. The molecule has 0 fully saturated rings. The minimum atomic E-state index is -4.38. The first-order valence-electron chi connectivity index (χ1n) is 11.0. The van der Waals surface area contributed by atoms with Crippen molar-refractivity contribution in [2.75, 3.05) is 0 Å². The number of hydrogen-bond donors (Lipinski definition) is 2. The van der Waals surface area contributed by atoms with Crippen LogP contribution >= 0.6 is 0 Å². The third-order valence-corrected chi connectivity index (χ3v) is 7.82. The molecule has 1 atom stereocenters. The maximum Gasteiger partial charge on any atom is 0.295 e. The van der Waals surface area contributed by atoms with Gasteiger partial charge in [0.15, 0.2) is 0 Å². The summed E-state index contributed by atoms with van der Waals surface area (Å²) in [6, 6.07) is 22.2. The fourth-order valence-corrected chi connectivity index (χ4v) is 5.47. The van der Waals surface area contributed by atoms with E-state index in [1.54, 1.807) is 54.6 Å². The van der Waals surface area contributed by atoms with Gasteiger partial charge < -0.3 is 0 Å². The van der Waals surface area contributed by atoms with Crippen molar-refractivity contribution in [1.82, 2.24) is 0 Å². The van der Waals surface area contributed by atoms with E-state index in [0.717, 1.165) is 11.1 Å². The van der Waals surface area contributed by atoms with Crippen LogP contribution in [0.15, 0.2) is 125 Å². The third-order valence-electron chi connectivity index (χ3n) is 5.97. The van der Waals surface area contributed by atoms with E-state index < -0.39 is 25.7 Å². The molecule has 10 heteroatoms. The molecule has 4 rings (SSSR count). The molecule has 3 aromatic carbocycles. The molecule has 0 aromatic heterocycles. The van der Waals surface area contributed by atoms with Crippen molar-refractivity contribution in [2.45, 2.75) is 21.6 Å². The number of hydrogen-bond acceptors (Lipinski definition) is 4. The number of rotatable bonds is 7. The molecule has 38 heavy (non-hydrogen) atoms. The summed E-state index contributed by atoms with van der Waals surface area (Å²) in [5.74, 6) is 0. The Morgan fingerprint density at radius 1 is 0.658 bits per heavy atom. The Morgan fingerprint density at radius 2 is 1.16 bits per heavy atom. The Hall–Kier alpha value is -1.56. The zero-order valence-electron chi connectivity index (χ0n) is 21.1. The van der Waals surface area contributed by atoms with E-state index in [9.17, 15) is 25.9 Å². The van der Waals surface area contributed by atoms with Gasteiger partial charge in [0, 0.05) is 64.5 Å². The van der Waals surface area contributed by atoms with E-state index in [1.165, 1.54) is 12.1 Å². The molecule has 1 aliphatic rings. The van der Waals surface area contributed by atoms with Gasteiger partial charge in [-0.1, -0.05) is 109 Å². The van der Waals surface area contributed by atoms with Crippen molar-refractivity contribution < 1.29 is 25.9 Å². The van der Waals surface area contributed by atoms with E-state index >= 15 is 0 Å². The first-order chi connectivity index (χ1) is 17.1. The van der Waals surface area contributed by atoms with Crippen LogP contribution in [0.5, 0.6) is 0 Å². The van der Waals surface area contributed by atoms with E-state index in [0.29, 0.717) is 17.5 Å². The minimum Gasteiger partial charge on any atom is -0.282 e. The van der Waals surface area contributed by atoms with Gasteiger partial charge in [0.25, 0.3) is 20.2 Å². The SMILES string of the molecule is O=S(=O)(O)c1ccccc1C=CC1=CCC(C=Cc2ccccc2S(=O)(=O)O)(c2ccccc2)C=C1.[Na].[Na]. The molecule has 0 aliphatic heterocycles. The van der Waals surface area contributed by atoms with Gasteiger partial charge in [0.05, 0.1) is 0 Å². The zero-order valence-corrected chi connectivity index (χ0v) is 26.7. The predicted octanol–water partition coefficient (Wildman–Crippen LogP) is 4.97. The van der Waals surface area contributed by atoms with Gasteiger partial charge in [0.2, 0.25) is 0 Å². The zero-order chi connectivity index (χ0) is 25.8. The Bertz CT molecular complexity index is 1610. The van der Waals surface area contributed by atoms with Crippen LogP contribution in [0.3, 0.4) is 0 Å². The summed E-state index contributed by atoms with van der Waals surface area (Å²) < 4.78 is 66.0. The van der Waals surface area contributed by atoms with Crippen LogP contribution < -0.4 is 0 Å². The molecule has 1 unspecified atom stereocenters. The number of allylic oxidation sites excluding steroid dienone is 6. The molecule has 0 spiro atoms. The summed E-state index contributed by atoms with van der Waals surface area (Å²) >= 11 is 0. The van der Waals surface area contributed by atoms with Crippen molar-refractivity contribution in [3.8, 4) is 0 Å². The summed E-state index contributed by atoms with van der Waals surface area (Å²) in [6.45, 7) is 0. The molecule has 3 aromatic rings. The summed E-state index contributed by atoms with van der Waals surface area (Å²) in [5.41, 5.74) is 2.02. The van der Waals surface area contributed by atoms with Crippen LogP contribution in [-0.2, 0) is 25.7 Å². The molecule has 6 nitrogen and oxygen atoms in total. The fraction of sp³-hybridized carbons (Fsp3) is 0.0714. The maximum atomic E-state index is 11.8. The van der Waals surface area contributed by atoms with Gasteiger partial charge in [-0.2, -0.15) is 16.8 Å². The molecule has 0 saturated carbocycles. The molecule has 0 saturated heterocycles. The fourth-order valence-electron chi connectivity index (χ4n) is 4.10. The maximum absolute atomic E-state index is 11.8. The molecule has 2 N–H and O–H groups in total. The van der Waals surface area contributed by atoms with E-state index in [-0.39, 0.29) is 68.9 Å². The summed E-state index contributed by atoms with van der Waals surface area (Å²) in [4.78, 5) is -0.332. The van der Waals surface area contributed by atoms with Crippen molar-refractivity contribution in [1.29, 1.82) is 0 Å². The van der Waals surface area contributed by atoms with Crippen molar-refractivity contribution in [3.05, 3.63) is 132 Å². The largest absolute Gasteiger partial charge is 0.295 e. The van der Waals surface area contributed by atoms with Crippen LogP contribution in [-0.4, -0.2) is 85.1 Å². The third kappa shape index (κ3) is 7.99. The topological polar surface area (TPSA) is 109 Å². The normalized spacial score (nSPS) is 17.6. The smallest absolute Gasteiger partial charge is 0.282 e. The Morgan fingerprint density at radius 3 is 1.66 bits per heavy atom. The predicted molar refractivity (Wildman–Crippen MR) is 152 cm³/mol. The van der Waals surface area contributed by atoms with Crippen LogP contribution in [0.2, 0.25) is 0 Å². The standard InChI is InChI=1S/C28H24O6S2.2Na/c29-35(30,31)26-12-6-4-8-23(26)15-14-22-16-19-28(20-17-22,25-10-2-1-3-11-25)21-18-24-9-5-7-13-27(24)36(32,33)34;;/h1-19,21H,20H2,(H,29,30,31)(H,32,33,34);;. The minimum absolute atomic E-state index is 0. The van der Waals surface area contributed by atoms with Crippen molar-refractivity contribution in [2.24, 2.45) is 0 Å². The van der Waals surface area contributed by atoms with E-state index in [4.69, 9.17) is 0 Å². The van der Waals surface area contributed by atoms with Gasteiger partial charge in [-0.05, 0) is 40.8 Å². The molecular formula is C28H24Na2O6S2. The Kier molecular flexibility index (Phi) is 11.8. The summed E-state index contributed by atoms with van der Waals surface area (Å²) in [7, 11) is -8.73. The van der Waals surface area contributed by atoms with Crippen LogP contribution in [0.25, 0.3) is 12.2 Å². The van der Waals surface area contributed by atoms with E-state index in [1.807, 2.05) is 54.6 Å². The quantitative estimate of drug-likeness (QED) is 0.309. The molecule has 0 bridgehead atoms. The van der Waals surface area contributed by atoms with Gasteiger partial charge in [-0.25, -0.2) is 0 Å². The second kappa shape index (κ2) is 13.7. The molecule has 186 valence electrons. The summed E-state index contributed by atoms with van der Waals surface area (Å²) in [6.07, 6.45) is 13.5. The van der Waals surface area contributed by atoms with Gasteiger partial charge in [-0.15, -0.1) is 0 Å². The first-order valence-corrected chi connectivity index (χ1v) is 13.9. The second-order valence-corrected chi connectivity index (χ2v) is 11.1. The molecule has 0 amide bonds. The number of benzene rings is 3. The van der Waals surface area contributed by atoms with Gasteiger partial charge >= 0.3 is 0 Å². The van der Waals surface area contributed by atoms with Crippen molar-refractivity contribution >= 4 is 91.5 Å². The van der Waals surface area contributed by atoms with Gasteiger partial charge in [-0.3, -0.25) is 9.11 Å². The van der Waals surface area contributed by atoms with E-state index in [2.05, 4.69) is 0 Å². The molecule has 1 aliphatic carbocycles.